The number of thiazole rings is 1. The molecule has 0 aliphatic rings. The van der Waals surface area contributed by atoms with E-state index in [4.69, 9.17) is 0 Å². The maximum Gasteiger partial charge on any atom is 0.0943 e. The monoisotopic (exact) mass is 266 g/mol. The van der Waals surface area contributed by atoms with Crippen LogP contribution >= 0.6 is 22.7 Å². The molecule has 0 fully saturated rings. The van der Waals surface area contributed by atoms with Gasteiger partial charge in [0.1, 0.15) is 0 Å². The molecule has 2 rings (SSSR count). The Balaban J connectivity index is 1.97. The highest BCUT2D eigenvalue weighted by atomic mass is 32.1. The molecule has 0 aliphatic carbocycles. The molecule has 4 heteroatoms. The SMILES string of the molecule is CCNC(Cc1ccsc1)Cc1nc(C)cs1. The van der Waals surface area contributed by atoms with E-state index < -0.39 is 0 Å². The van der Waals surface area contributed by atoms with Crippen molar-refractivity contribution in [2.45, 2.75) is 32.7 Å². The fraction of sp³-hybridized carbons (Fsp3) is 0.462. The molecule has 17 heavy (non-hydrogen) atoms. The maximum absolute atomic E-state index is 4.54. The predicted octanol–water partition coefficient (Wildman–Crippen LogP) is 3.28. The molecule has 2 nitrogen and oxygen atoms in total. The van der Waals surface area contributed by atoms with Crippen molar-refractivity contribution in [2.75, 3.05) is 6.54 Å². The fourth-order valence-electron chi connectivity index (χ4n) is 1.91. The molecule has 0 saturated carbocycles. The van der Waals surface area contributed by atoms with Gasteiger partial charge in [0.2, 0.25) is 0 Å². The van der Waals surface area contributed by atoms with Gasteiger partial charge in [-0.3, -0.25) is 0 Å². The van der Waals surface area contributed by atoms with Crippen LogP contribution < -0.4 is 5.32 Å². The topological polar surface area (TPSA) is 24.9 Å². The van der Waals surface area contributed by atoms with Gasteiger partial charge >= 0.3 is 0 Å². The molecular formula is C13H18N2S2. The second-order valence-corrected chi connectivity index (χ2v) is 5.90. The second-order valence-electron chi connectivity index (χ2n) is 4.18. The third-order valence-corrected chi connectivity index (χ3v) is 4.36. The van der Waals surface area contributed by atoms with Gasteiger partial charge in [0.25, 0.3) is 0 Å². The minimum atomic E-state index is 0.500. The highest BCUT2D eigenvalue weighted by Crippen LogP contribution is 2.15. The summed E-state index contributed by atoms with van der Waals surface area (Å²) < 4.78 is 0. The zero-order valence-electron chi connectivity index (χ0n) is 10.3. The molecule has 0 aliphatic heterocycles. The van der Waals surface area contributed by atoms with Crippen LogP contribution in [0, 0.1) is 6.92 Å². The van der Waals surface area contributed by atoms with Gasteiger partial charge in [0.05, 0.1) is 5.01 Å². The molecule has 92 valence electrons. The van der Waals surface area contributed by atoms with Crippen LogP contribution in [0.3, 0.4) is 0 Å². The minimum absolute atomic E-state index is 0.500. The van der Waals surface area contributed by atoms with Crippen molar-refractivity contribution < 1.29 is 0 Å². The third kappa shape index (κ3) is 3.91. The van der Waals surface area contributed by atoms with Crippen molar-refractivity contribution in [3.8, 4) is 0 Å². The van der Waals surface area contributed by atoms with Gasteiger partial charge in [-0.25, -0.2) is 4.98 Å². The summed E-state index contributed by atoms with van der Waals surface area (Å²) in [6.07, 6.45) is 2.12. The van der Waals surface area contributed by atoms with Crippen molar-refractivity contribution >= 4 is 22.7 Å². The minimum Gasteiger partial charge on any atom is -0.314 e. The molecule has 1 atom stereocenters. The molecule has 1 N–H and O–H groups in total. The Morgan fingerprint density at radius 1 is 1.35 bits per heavy atom. The van der Waals surface area contributed by atoms with Gasteiger partial charge in [0.15, 0.2) is 0 Å². The first kappa shape index (κ1) is 12.7. The Kier molecular flexibility index (Phi) is 4.71. The van der Waals surface area contributed by atoms with Crippen molar-refractivity contribution in [3.63, 3.8) is 0 Å². The van der Waals surface area contributed by atoms with E-state index in [9.17, 15) is 0 Å². The number of aryl methyl sites for hydroxylation is 1. The van der Waals surface area contributed by atoms with Gasteiger partial charge < -0.3 is 5.32 Å². The highest BCUT2D eigenvalue weighted by molar-refractivity contribution is 7.09. The van der Waals surface area contributed by atoms with E-state index in [2.05, 4.69) is 46.4 Å². The number of hydrogen-bond donors (Lipinski definition) is 1. The van der Waals surface area contributed by atoms with Crippen molar-refractivity contribution in [2.24, 2.45) is 0 Å². The molecule has 0 bridgehead atoms. The Bertz CT molecular complexity index is 434. The van der Waals surface area contributed by atoms with E-state index in [1.165, 1.54) is 10.6 Å². The first-order valence-electron chi connectivity index (χ1n) is 5.93. The number of rotatable bonds is 6. The normalized spacial score (nSPS) is 12.8. The van der Waals surface area contributed by atoms with Gasteiger partial charge in [-0.1, -0.05) is 6.92 Å². The average Bonchev–Trinajstić information content (AvgIpc) is 2.91. The van der Waals surface area contributed by atoms with Gasteiger partial charge in [-0.15, -0.1) is 11.3 Å². The zero-order chi connectivity index (χ0) is 12.1. The summed E-state index contributed by atoms with van der Waals surface area (Å²) >= 11 is 3.54. The third-order valence-electron chi connectivity index (χ3n) is 2.64. The van der Waals surface area contributed by atoms with E-state index in [1.807, 2.05) is 0 Å². The van der Waals surface area contributed by atoms with Crippen LogP contribution in [0.1, 0.15) is 23.2 Å². The van der Waals surface area contributed by atoms with Crippen LogP contribution in [0.25, 0.3) is 0 Å². The van der Waals surface area contributed by atoms with Crippen LogP contribution in [-0.2, 0) is 12.8 Å². The maximum atomic E-state index is 4.54. The van der Waals surface area contributed by atoms with Crippen molar-refractivity contribution in [3.05, 3.63) is 38.5 Å². The van der Waals surface area contributed by atoms with Crippen molar-refractivity contribution in [1.29, 1.82) is 0 Å². The number of likely N-dealkylation sites (N-methyl/N-ethyl adjacent to an activating group) is 1. The first-order valence-corrected chi connectivity index (χ1v) is 7.75. The Morgan fingerprint density at radius 3 is 2.82 bits per heavy atom. The number of aromatic nitrogens is 1. The lowest BCUT2D eigenvalue weighted by Crippen LogP contribution is -2.32. The molecule has 0 amide bonds. The Labute approximate surface area is 111 Å². The van der Waals surface area contributed by atoms with E-state index in [0.29, 0.717) is 6.04 Å². The van der Waals surface area contributed by atoms with Crippen LogP contribution in [-0.4, -0.2) is 17.6 Å². The number of hydrogen-bond acceptors (Lipinski definition) is 4. The quantitative estimate of drug-likeness (QED) is 0.868. The van der Waals surface area contributed by atoms with E-state index >= 15 is 0 Å². The second kappa shape index (κ2) is 6.28. The van der Waals surface area contributed by atoms with Gasteiger partial charge in [0, 0.05) is 23.5 Å². The van der Waals surface area contributed by atoms with Crippen LogP contribution in [0.2, 0.25) is 0 Å². The predicted molar refractivity (Wildman–Crippen MR) is 76.0 cm³/mol. The average molecular weight is 266 g/mol. The Morgan fingerprint density at radius 2 is 2.24 bits per heavy atom. The summed E-state index contributed by atoms with van der Waals surface area (Å²) in [5, 5.41) is 11.3. The zero-order valence-corrected chi connectivity index (χ0v) is 11.9. The lowest BCUT2D eigenvalue weighted by molar-refractivity contribution is 0.521. The Hall–Kier alpha value is -0.710. The number of nitrogens with one attached hydrogen (secondary N) is 1. The lowest BCUT2D eigenvalue weighted by Gasteiger charge is -2.15. The summed E-state index contributed by atoms with van der Waals surface area (Å²) in [5.41, 5.74) is 2.56. The largest absolute Gasteiger partial charge is 0.314 e. The molecule has 2 aromatic rings. The standard InChI is InChI=1S/C13H18N2S2/c1-3-14-12(6-11-4-5-16-9-11)7-13-15-10(2)8-17-13/h4-5,8-9,12,14H,3,6-7H2,1-2H3. The summed E-state index contributed by atoms with van der Waals surface area (Å²) in [6, 6.07) is 2.71. The molecule has 0 spiro atoms. The van der Waals surface area contributed by atoms with Crippen LogP contribution in [0.15, 0.2) is 22.2 Å². The molecular weight excluding hydrogens is 248 g/mol. The summed E-state index contributed by atoms with van der Waals surface area (Å²) in [5.74, 6) is 0. The van der Waals surface area contributed by atoms with E-state index in [-0.39, 0.29) is 0 Å². The molecule has 2 aromatic heterocycles. The van der Waals surface area contributed by atoms with E-state index in [0.717, 1.165) is 25.1 Å². The highest BCUT2D eigenvalue weighted by Gasteiger charge is 2.11. The molecule has 1 unspecified atom stereocenters. The smallest absolute Gasteiger partial charge is 0.0943 e. The summed E-state index contributed by atoms with van der Waals surface area (Å²) in [7, 11) is 0. The summed E-state index contributed by atoms with van der Waals surface area (Å²) in [4.78, 5) is 4.54. The van der Waals surface area contributed by atoms with Crippen LogP contribution in [0.5, 0.6) is 0 Å². The molecule has 2 heterocycles. The molecule has 0 aromatic carbocycles. The summed E-state index contributed by atoms with van der Waals surface area (Å²) in [6.45, 7) is 5.23. The molecule has 0 radical (unpaired) electrons. The number of nitrogens with zero attached hydrogens (tertiary/aromatic N) is 1. The van der Waals surface area contributed by atoms with Crippen LogP contribution in [0.4, 0.5) is 0 Å². The number of thiophene rings is 1. The van der Waals surface area contributed by atoms with E-state index in [1.54, 1.807) is 22.7 Å². The van der Waals surface area contributed by atoms with Crippen molar-refractivity contribution in [1.82, 2.24) is 10.3 Å². The fourth-order valence-corrected chi connectivity index (χ4v) is 3.44. The first-order chi connectivity index (χ1) is 8.28. The molecule has 0 saturated heterocycles. The lowest BCUT2D eigenvalue weighted by atomic mass is 10.1. The van der Waals surface area contributed by atoms with Gasteiger partial charge in [-0.05, 0) is 42.3 Å². The van der Waals surface area contributed by atoms with Gasteiger partial charge in [-0.2, -0.15) is 11.3 Å².